The van der Waals surface area contributed by atoms with E-state index in [0.29, 0.717) is 28.1 Å². The third-order valence-corrected chi connectivity index (χ3v) is 5.26. The average molecular weight is 319 g/mol. The van der Waals surface area contributed by atoms with Gasteiger partial charge in [-0.25, -0.2) is 0 Å². The van der Waals surface area contributed by atoms with E-state index in [1.54, 1.807) is 6.07 Å². The highest BCUT2D eigenvalue weighted by atomic mass is 35.5. The van der Waals surface area contributed by atoms with Crippen LogP contribution < -0.4 is 11.1 Å². The van der Waals surface area contributed by atoms with Crippen LogP contribution in [0, 0.1) is 0 Å². The van der Waals surface area contributed by atoms with Gasteiger partial charge in [0.1, 0.15) is 0 Å². The van der Waals surface area contributed by atoms with Crippen molar-refractivity contribution in [2.45, 2.75) is 24.5 Å². The van der Waals surface area contributed by atoms with Gasteiger partial charge in [0.15, 0.2) is 0 Å². The number of thioether (sulfide) groups is 1. The molecular weight excluding hydrogens is 303 g/mol. The van der Waals surface area contributed by atoms with Crippen LogP contribution in [-0.2, 0) is 0 Å². The highest BCUT2D eigenvalue weighted by Crippen LogP contribution is 2.29. The fourth-order valence-corrected chi connectivity index (χ4v) is 3.71. The van der Waals surface area contributed by atoms with Gasteiger partial charge in [0.05, 0.1) is 15.6 Å². The maximum absolute atomic E-state index is 12.1. The van der Waals surface area contributed by atoms with Gasteiger partial charge in [-0.3, -0.25) is 4.79 Å². The Bertz CT molecular complexity index is 476. The molecule has 1 amide bonds. The normalized spacial score (nSPS) is 19.2. The summed E-state index contributed by atoms with van der Waals surface area (Å²) in [6.45, 7) is 0.659. The number of nitrogen functional groups attached to an aromatic ring is 1. The van der Waals surface area contributed by atoms with Crippen molar-refractivity contribution >= 4 is 46.6 Å². The summed E-state index contributed by atoms with van der Waals surface area (Å²) >= 11 is 13.9. The van der Waals surface area contributed by atoms with E-state index < -0.39 is 0 Å². The van der Waals surface area contributed by atoms with Crippen molar-refractivity contribution in [1.29, 1.82) is 0 Å². The predicted molar refractivity (Wildman–Crippen MR) is 83.3 cm³/mol. The molecule has 0 saturated carbocycles. The molecular formula is C13H16Cl2N2OS. The van der Waals surface area contributed by atoms with Gasteiger partial charge in [-0.1, -0.05) is 29.6 Å². The smallest absolute Gasteiger partial charge is 0.252 e. The van der Waals surface area contributed by atoms with Crippen LogP contribution in [-0.4, -0.2) is 23.5 Å². The van der Waals surface area contributed by atoms with Crippen LogP contribution in [0.3, 0.4) is 0 Å². The van der Waals surface area contributed by atoms with E-state index in [9.17, 15) is 4.79 Å². The zero-order chi connectivity index (χ0) is 13.8. The molecule has 1 aliphatic rings. The Hall–Kier alpha value is -0.580. The van der Waals surface area contributed by atoms with E-state index in [1.165, 1.54) is 24.7 Å². The number of nitrogens with one attached hydrogen (secondary N) is 1. The molecule has 6 heteroatoms. The maximum Gasteiger partial charge on any atom is 0.252 e. The quantitative estimate of drug-likeness (QED) is 0.837. The molecule has 0 aromatic heterocycles. The van der Waals surface area contributed by atoms with Crippen LogP contribution in [0.1, 0.15) is 29.6 Å². The number of carbonyl (C=O) groups is 1. The van der Waals surface area contributed by atoms with Crippen LogP contribution in [0.2, 0.25) is 10.0 Å². The van der Waals surface area contributed by atoms with Gasteiger partial charge in [0.25, 0.3) is 5.91 Å². The molecule has 2 rings (SSSR count). The van der Waals surface area contributed by atoms with Crippen LogP contribution >= 0.6 is 35.0 Å². The highest BCUT2D eigenvalue weighted by Gasteiger charge is 2.18. The molecule has 1 saturated heterocycles. The Morgan fingerprint density at radius 3 is 2.89 bits per heavy atom. The molecule has 0 radical (unpaired) electrons. The van der Waals surface area contributed by atoms with Crippen molar-refractivity contribution in [3.63, 3.8) is 0 Å². The second-order valence-corrected chi connectivity index (χ2v) is 6.76. The van der Waals surface area contributed by atoms with E-state index in [-0.39, 0.29) is 10.9 Å². The lowest BCUT2D eigenvalue weighted by Gasteiger charge is -2.21. The van der Waals surface area contributed by atoms with Gasteiger partial charge in [0.2, 0.25) is 0 Å². The lowest BCUT2D eigenvalue weighted by molar-refractivity contribution is 0.0953. The number of nitrogens with two attached hydrogens (primary N) is 1. The first kappa shape index (κ1) is 14.8. The van der Waals surface area contributed by atoms with Gasteiger partial charge < -0.3 is 11.1 Å². The Morgan fingerprint density at radius 2 is 2.21 bits per heavy atom. The van der Waals surface area contributed by atoms with Crippen molar-refractivity contribution in [2.75, 3.05) is 18.0 Å². The molecule has 104 valence electrons. The molecule has 0 bridgehead atoms. The molecule has 0 aliphatic carbocycles. The molecule has 1 fully saturated rings. The SMILES string of the molecule is Nc1cc(Cl)c(Cl)c(C(=O)NCC2CCCCS2)c1. The van der Waals surface area contributed by atoms with Crippen LogP contribution in [0.4, 0.5) is 5.69 Å². The largest absolute Gasteiger partial charge is 0.399 e. The third kappa shape index (κ3) is 3.94. The van der Waals surface area contributed by atoms with Gasteiger partial charge >= 0.3 is 0 Å². The number of rotatable bonds is 3. The van der Waals surface area contributed by atoms with Crippen molar-refractivity contribution in [1.82, 2.24) is 5.32 Å². The summed E-state index contributed by atoms with van der Waals surface area (Å²) in [4.78, 5) is 12.1. The zero-order valence-corrected chi connectivity index (χ0v) is 12.7. The fraction of sp³-hybridized carbons (Fsp3) is 0.462. The van der Waals surface area contributed by atoms with Gasteiger partial charge in [-0.15, -0.1) is 0 Å². The minimum absolute atomic E-state index is 0.217. The summed E-state index contributed by atoms with van der Waals surface area (Å²) in [5.41, 5.74) is 6.45. The first-order valence-corrected chi connectivity index (χ1v) is 8.02. The number of anilines is 1. The molecule has 19 heavy (non-hydrogen) atoms. The molecule has 0 spiro atoms. The topological polar surface area (TPSA) is 55.1 Å². The van der Waals surface area contributed by atoms with Gasteiger partial charge in [-0.05, 0) is 30.7 Å². The van der Waals surface area contributed by atoms with E-state index in [2.05, 4.69) is 5.32 Å². The van der Waals surface area contributed by atoms with Gasteiger partial charge in [-0.2, -0.15) is 11.8 Å². The minimum atomic E-state index is -0.217. The molecule has 1 aliphatic heterocycles. The number of hydrogen-bond donors (Lipinski definition) is 2. The number of hydrogen-bond acceptors (Lipinski definition) is 3. The molecule has 1 unspecified atom stereocenters. The van der Waals surface area contributed by atoms with E-state index in [4.69, 9.17) is 28.9 Å². The Morgan fingerprint density at radius 1 is 1.42 bits per heavy atom. The minimum Gasteiger partial charge on any atom is -0.399 e. The molecule has 1 heterocycles. The molecule has 1 atom stereocenters. The first-order valence-electron chi connectivity index (χ1n) is 6.22. The molecule has 3 N–H and O–H groups in total. The average Bonchev–Trinajstić information content (AvgIpc) is 2.41. The lowest BCUT2D eigenvalue weighted by atomic mass is 10.1. The van der Waals surface area contributed by atoms with E-state index in [1.807, 2.05) is 11.8 Å². The third-order valence-electron chi connectivity index (χ3n) is 3.06. The fourth-order valence-electron chi connectivity index (χ4n) is 2.05. The number of halogens is 2. The molecule has 1 aromatic rings. The van der Waals surface area contributed by atoms with Gasteiger partial charge in [0, 0.05) is 17.5 Å². The number of benzene rings is 1. The number of carbonyl (C=O) groups excluding carboxylic acids is 1. The molecule has 1 aromatic carbocycles. The zero-order valence-electron chi connectivity index (χ0n) is 10.4. The van der Waals surface area contributed by atoms with Crippen molar-refractivity contribution < 1.29 is 4.79 Å². The van der Waals surface area contributed by atoms with Crippen molar-refractivity contribution in [3.8, 4) is 0 Å². The Labute approximate surface area is 127 Å². The van der Waals surface area contributed by atoms with Crippen LogP contribution in [0.5, 0.6) is 0 Å². The summed E-state index contributed by atoms with van der Waals surface area (Å²) in [5.74, 6) is 0.955. The first-order chi connectivity index (χ1) is 9.08. The highest BCUT2D eigenvalue weighted by molar-refractivity contribution is 7.99. The van der Waals surface area contributed by atoms with Crippen LogP contribution in [0.25, 0.3) is 0 Å². The second-order valence-electron chi connectivity index (χ2n) is 4.56. The Balaban J connectivity index is 1.99. The summed E-state index contributed by atoms with van der Waals surface area (Å²) in [5, 5.41) is 3.96. The molecule has 3 nitrogen and oxygen atoms in total. The van der Waals surface area contributed by atoms with Crippen molar-refractivity contribution in [3.05, 3.63) is 27.7 Å². The summed E-state index contributed by atoms with van der Waals surface area (Å²) in [7, 11) is 0. The summed E-state index contributed by atoms with van der Waals surface area (Å²) < 4.78 is 0. The van der Waals surface area contributed by atoms with Crippen molar-refractivity contribution in [2.24, 2.45) is 0 Å². The summed E-state index contributed by atoms with van der Waals surface area (Å²) in [6.07, 6.45) is 3.65. The van der Waals surface area contributed by atoms with E-state index >= 15 is 0 Å². The maximum atomic E-state index is 12.1. The number of amides is 1. The van der Waals surface area contributed by atoms with E-state index in [0.717, 1.165) is 6.42 Å². The summed E-state index contributed by atoms with van der Waals surface area (Å²) in [6, 6.07) is 3.09. The lowest BCUT2D eigenvalue weighted by Crippen LogP contribution is -2.32. The standard InChI is InChI=1S/C13H16Cl2N2OS/c14-11-6-8(16)5-10(12(11)15)13(18)17-7-9-3-1-2-4-19-9/h5-6,9H,1-4,7,16H2,(H,17,18). The monoisotopic (exact) mass is 318 g/mol. The Kier molecular flexibility index (Phi) is 5.25. The predicted octanol–water partition coefficient (Wildman–Crippen LogP) is 3.59. The second kappa shape index (κ2) is 6.73. The van der Waals surface area contributed by atoms with Crippen LogP contribution in [0.15, 0.2) is 12.1 Å².